The number of nitrogens with one attached hydrogen (secondary N) is 1. The molecule has 0 aromatic heterocycles. The summed E-state index contributed by atoms with van der Waals surface area (Å²) in [4.78, 5) is 2.41. The summed E-state index contributed by atoms with van der Waals surface area (Å²) in [5.41, 5.74) is 2.40. The van der Waals surface area contributed by atoms with Gasteiger partial charge in [-0.05, 0) is 51.3 Å². The monoisotopic (exact) mass is 271 g/mol. The number of aryl methyl sites for hydroxylation is 1. The summed E-state index contributed by atoms with van der Waals surface area (Å²) in [6.07, 6.45) is 2.31. The first-order chi connectivity index (χ1) is 9.52. The van der Waals surface area contributed by atoms with Crippen LogP contribution in [0.1, 0.15) is 38.3 Å². The zero-order chi connectivity index (χ0) is 14.6. The summed E-state index contributed by atoms with van der Waals surface area (Å²) < 4.78 is 0. The smallest absolute Gasteiger partial charge is 0.116 e. The molecule has 20 heavy (non-hydrogen) atoms. The Morgan fingerprint density at radius 1 is 1.35 bits per heavy atom. The van der Waals surface area contributed by atoms with Crippen LogP contribution in [0.2, 0.25) is 0 Å². The van der Waals surface area contributed by atoms with Crippen molar-refractivity contribution in [2.45, 2.75) is 51.7 Å². The second-order valence-corrected chi connectivity index (χ2v) is 6.33. The van der Waals surface area contributed by atoms with E-state index in [1.165, 1.54) is 17.5 Å². The fraction of sp³-hybridized carbons (Fsp3) is 0.588. The Balaban J connectivity index is 2.09. The number of nitrogens with zero attached hydrogens (tertiary/aromatic N) is 2. The molecule has 1 aromatic rings. The highest BCUT2D eigenvalue weighted by molar-refractivity contribution is 5.28. The molecule has 0 bridgehead atoms. The number of rotatable bonds is 4. The lowest BCUT2D eigenvalue weighted by Crippen LogP contribution is -2.52. The number of nitriles is 1. The van der Waals surface area contributed by atoms with Crippen molar-refractivity contribution in [3.05, 3.63) is 35.4 Å². The molecular formula is C17H25N3. The topological polar surface area (TPSA) is 39.1 Å². The largest absolute Gasteiger partial charge is 0.296 e. The Morgan fingerprint density at radius 3 is 2.70 bits per heavy atom. The van der Waals surface area contributed by atoms with Crippen molar-refractivity contribution in [1.82, 2.24) is 10.2 Å². The maximum atomic E-state index is 9.49. The van der Waals surface area contributed by atoms with Crippen molar-refractivity contribution in [3.63, 3.8) is 0 Å². The number of fused-ring (bicyclic) bond motifs is 1. The van der Waals surface area contributed by atoms with Gasteiger partial charge >= 0.3 is 0 Å². The van der Waals surface area contributed by atoms with Crippen molar-refractivity contribution >= 4 is 0 Å². The zero-order valence-electron chi connectivity index (χ0n) is 12.8. The summed E-state index contributed by atoms with van der Waals surface area (Å²) in [5, 5.41) is 12.9. The second-order valence-electron chi connectivity index (χ2n) is 6.33. The third kappa shape index (κ3) is 3.82. The molecule has 1 aromatic carbocycles. The van der Waals surface area contributed by atoms with Crippen LogP contribution >= 0.6 is 0 Å². The molecule has 0 fully saturated rings. The Morgan fingerprint density at radius 2 is 2.05 bits per heavy atom. The lowest BCUT2D eigenvalue weighted by Gasteiger charge is -2.32. The van der Waals surface area contributed by atoms with Crippen LogP contribution in [0.5, 0.6) is 0 Å². The lowest BCUT2D eigenvalue weighted by molar-refractivity contribution is 0.208. The Hall–Kier alpha value is -1.37. The number of benzene rings is 1. The summed E-state index contributed by atoms with van der Waals surface area (Å²) in [7, 11) is 0. The van der Waals surface area contributed by atoms with Crippen molar-refractivity contribution in [2.24, 2.45) is 0 Å². The van der Waals surface area contributed by atoms with E-state index in [2.05, 4.69) is 54.4 Å². The molecular weight excluding hydrogens is 246 g/mol. The quantitative estimate of drug-likeness (QED) is 0.915. The van der Waals surface area contributed by atoms with E-state index >= 15 is 0 Å². The van der Waals surface area contributed by atoms with Gasteiger partial charge in [-0.3, -0.25) is 10.2 Å². The van der Waals surface area contributed by atoms with Crippen LogP contribution in [0.4, 0.5) is 0 Å². The zero-order valence-corrected chi connectivity index (χ0v) is 12.8. The van der Waals surface area contributed by atoms with Crippen LogP contribution in [-0.4, -0.2) is 29.6 Å². The molecule has 0 saturated heterocycles. The van der Waals surface area contributed by atoms with Gasteiger partial charge in [0.1, 0.15) is 5.54 Å². The molecule has 0 amide bonds. The highest BCUT2D eigenvalue weighted by Gasteiger charge is 2.28. The van der Waals surface area contributed by atoms with Gasteiger partial charge in [0, 0.05) is 19.1 Å². The van der Waals surface area contributed by atoms with Gasteiger partial charge in [-0.15, -0.1) is 0 Å². The minimum Gasteiger partial charge on any atom is -0.296 e. The van der Waals surface area contributed by atoms with Crippen molar-refractivity contribution in [2.75, 3.05) is 13.1 Å². The third-order valence-electron chi connectivity index (χ3n) is 3.83. The maximum absolute atomic E-state index is 9.49. The van der Waals surface area contributed by atoms with E-state index in [-0.39, 0.29) is 0 Å². The number of hydrogen-bond acceptors (Lipinski definition) is 3. The maximum Gasteiger partial charge on any atom is 0.116 e. The SMILES string of the molecule is CC(C)NC(C)(C#N)CN1CCCc2ccccc2C1. The standard InChI is InChI=1S/C17H25N3/c1-14(2)19-17(3,12-18)13-20-10-6-9-15-7-4-5-8-16(15)11-20/h4-5,7-8,14,19H,6,9-11,13H2,1-3H3. The van der Waals surface area contributed by atoms with Gasteiger partial charge in [0.15, 0.2) is 0 Å². The molecule has 1 aliphatic rings. The lowest BCUT2D eigenvalue weighted by atomic mass is 10.0. The molecule has 1 atom stereocenters. The van der Waals surface area contributed by atoms with Gasteiger partial charge in [-0.1, -0.05) is 24.3 Å². The van der Waals surface area contributed by atoms with E-state index in [9.17, 15) is 5.26 Å². The Bertz CT molecular complexity index is 489. The Labute approximate surface area is 122 Å². The van der Waals surface area contributed by atoms with Crippen LogP contribution in [0.25, 0.3) is 0 Å². The summed E-state index contributed by atoms with van der Waals surface area (Å²) in [6, 6.07) is 11.4. The van der Waals surface area contributed by atoms with E-state index in [4.69, 9.17) is 0 Å². The number of hydrogen-bond donors (Lipinski definition) is 1. The van der Waals surface area contributed by atoms with Gasteiger partial charge < -0.3 is 0 Å². The highest BCUT2D eigenvalue weighted by atomic mass is 15.2. The van der Waals surface area contributed by atoms with E-state index in [1.54, 1.807) is 0 Å². The molecule has 1 unspecified atom stereocenters. The molecule has 2 rings (SSSR count). The fourth-order valence-corrected chi connectivity index (χ4v) is 3.10. The second kappa shape index (κ2) is 6.39. The predicted octanol–water partition coefficient (Wildman–Crippen LogP) is 2.72. The van der Waals surface area contributed by atoms with Gasteiger partial charge in [0.25, 0.3) is 0 Å². The van der Waals surface area contributed by atoms with E-state index in [1.807, 2.05) is 6.92 Å². The molecule has 108 valence electrons. The van der Waals surface area contributed by atoms with E-state index < -0.39 is 5.54 Å². The summed E-state index contributed by atoms with van der Waals surface area (Å²) in [5.74, 6) is 0. The minimum absolute atomic E-state index is 0.318. The normalized spacial score (nSPS) is 18.9. The molecule has 3 heteroatoms. The van der Waals surface area contributed by atoms with Gasteiger partial charge in [-0.25, -0.2) is 0 Å². The average molecular weight is 271 g/mol. The molecule has 1 N–H and O–H groups in total. The summed E-state index contributed by atoms with van der Waals surface area (Å²) in [6.45, 7) is 8.97. The molecule has 1 heterocycles. The Kier molecular flexibility index (Phi) is 4.80. The first kappa shape index (κ1) is 15.0. The molecule has 1 aliphatic heterocycles. The van der Waals surface area contributed by atoms with E-state index in [0.717, 1.165) is 26.1 Å². The van der Waals surface area contributed by atoms with Crippen molar-refractivity contribution < 1.29 is 0 Å². The molecule has 0 aliphatic carbocycles. The van der Waals surface area contributed by atoms with Crippen LogP contribution in [0, 0.1) is 11.3 Å². The van der Waals surface area contributed by atoms with Crippen LogP contribution in [0.3, 0.4) is 0 Å². The van der Waals surface area contributed by atoms with Gasteiger partial charge in [0.2, 0.25) is 0 Å². The highest BCUT2D eigenvalue weighted by Crippen LogP contribution is 2.20. The third-order valence-corrected chi connectivity index (χ3v) is 3.83. The first-order valence-corrected chi connectivity index (χ1v) is 7.50. The first-order valence-electron chi connectivity index (χ1n) is 7.50. The molecule has 3 nitrogen and oxygen atoms in total. The summed E-state index contributed by atoms with van der Waals surface area (Å²) >= 11 is 0. The molecule has 0 radical (unpaired) electrons. The van der Waals surface area contributed by atoms with Crippen molar-refractivity contribution in [3.8, 4) is 6.07 Å². The minimum atomic E-state index is -0.479. The van der Waals surface area contributed by atoms with Crippen LogP contribution in [-0.2, 0) is 13.0 Å². The average Bonchev–Trinajstić information content (AvgIpc) is 2.59. The molecule has 0 spiro atoms. The molecule has 0 saturated carbocycles. The van der Waals surface area contributed by atoms with E-state index in [0.29, 0.717) is 6.04 Å². The van der Waals surface area contributed by atoms with Crippen molar-refractivity contribution in [1.29, 1.82) is 5.26 Å². The van der Waals surface area contributed by atoms with Crippen LogP contribution in [0.15, 0.2) is 24.3 Å². The predicted molar refractivity (Wildman–Crippen MR) is 82.3 cm³/mol. The van der Waals surface area contributed by atoms with Gasteiger partial charge in [0.05, 0.1) is 6.07 Å². The van der Waals surface area contributed by atoms with Gasteiger partial charge in [-0.2, -0.15) is 5.26 Å². The van der Waals surface area contributed by atoms with Crippen LogP contribution < -0.4 is 5.32 Å². The fourth-order valence-electron chi connectivity index (χ4n) is 3.10.